The number of carbonyl (C=O) groups excluding carboxylic acids is 2. The smallest absolute Gasteiger partial charge is 0.406 e. The molecule has 1 aromatic heterocycles. The second-order valence-corrected chi connectivity index (χ2v) is 6.81. The molecule has 2 amide bonds. The molecule has 1 aliphatic carbocycles. The number of carbonyl (C=O) groups is 2. The number of halogens is 3. The van der Waals surface area contributed by atoms with E-state index in [-0.39, 0.29) is 29.3 Å². The van der Waals surface area contributed by atoms with Crippen LogP contribution in [-0.4, -0.2) is 29.7 Å². The summed E-state index contributed by atoms with van der Waals surface area (Å²) in [5.74, 6) is -0.636. The molecule has 1 heterocycles. The Balaban J connectivity index is 1.59. The van der Waals surface area contributed by atoms with Crippen molar-refractivity contribution < 1.29 is 27.5 Å². The van der Waals surface area contributed by atoms with E-state index in [0.29, 0.717) is 16.1 Å². The van der Waals surface area contributed by atoms with Crippen LogP contribution >= 0.6 is 11.3 Å². The summed E-state index contributed by atoms with van der Waals surface area (Å²) in [5, 5.41) is 5.29. The number of nitrogens with zero attached hydrogens (tertiary/aromatic N) is 1. The first-order valence-corrected chi connectivity index (χ1v) is 8.27. The summed E-state index contributed by atoms with van der Waals surface area (Å²) in [6, 6.07) is 3.73. The second-order valence-electron chi connectivity index (χ2n) is 5.78. The number of hydrogen-bond acceptors (Lipinski definition) is 5. The van der Waals surface area contributed by atoms with Gasteiger partial charge in [-0.2, -0.15) is 0 Å². The molecule has 0 aliphatic heterocycles. The minimum absolute atomic E-state index is 0.0256. The van der Waals surface area contributed by atoms with Crippen molar-refractivity contribution in [1.29, 1.82) is 0 Å². The van der Waals surface area contributed by atoms with E-state index in [4.69, 9.17) is 0 Å². The zero-order chi connectivity index (χ0) is 18.2. The number of amides is 2. The first kappa shape index (κ1) is 17.5. The van der Waals surface area contributed by atoms with E-state index in [2.05, 4.69) is 20.4 Å². The van der Waals surface area contributed by atoms with E-state index in [9.17, 15) is 22.8 Å². The molecule has 6 nitrogen and oxygen atoms in total. The maximum Gasteiger partial charge on any atom is 0.573 e. The van der Waals surface area contributed by atoms with Gasteiger partial charge in [-0.15, -0.1) is 13.2 Å². The fourth-order valence-electron chi connectivity index (χ4n) is 2.30. The summed E-state index contributed by atoms with van der Waals surface area (Å²) in [5.41, 5.74) is 0.436. The lowest BCUT2D eigenvalue weighted by molar-refractivity contribution is -0.274. The molecule has 2 atom stereocenters. The Morgan fingerprint density at radius 2 is 2.12 bits per heavy atom. The molecule has 0 unspecified atom stereocenters. The molecule has 1 aliphatic rings. The lowest BCUT2D eigenvalue weighted by Gasteiger charge is -2.07. The van der Waals surface area contributed by atoms with Crippen LogP contribution in [0.15, 0.2) is 18.2 Å². The maximum absolute atomic E-state index is 12.2. The Labute approximate surface area is 144 Å². The number of benzene rings is 1. The summed E-state index contributed by atoms with van der Waals surface area (Å²) in [4.78, 5) is 27.6. The minimum Gasteiger partial charge on any atom is -0.406 e. The lowest BCUT2D eigenvalue weighted by Crippen LogP contribution is -2.34. The number of rotatable bonds is 5. The molecule has 2 N–H and O–H groups in total. The summed E-state index contributed by atoms with van der Waals surface area (Å²) < 4.78 is 41.0. The molecule has 0 bridgehead atoms. The van der Waals surface area contributed by atoms with Crippen molar-refractivity contribution in [3.05, 3.63) is 18.2 Å². The van der Waals surface area contributed by atoms with Gasteiger partial charge in [-0.3, -0.25) is 9.59 Å². The van der Waals surface area contributed by atoms with Crippen LogP contribution in [-0.2, 0) is 9.59 Å². The third-order valence-corrected chi connectivity index (χ3v) is 4.64. The highest BCUT2D eigenvalue weighted by atomic mass is 32.1. The van der Waals surface area contributed by atoms with E-state index in [1.807, 2.05) is 6.92 Å². The van der Waals surface area contributed by atoms with Crippen LogP contribution < -0.4 is 15.4 Å². The number of alkyl halides is 3. The third kappa shape index (κ3) is 4.59. The molecular formula is C15H14F3N3O3S. The number of fused-ring (bicyclic) bond motifs is 1. The topological polar surface area (TPSA) is 80.3 Å². The van der Waals surface area contributed by atoms with E-state index >= 15 is 0 Å². The molecule has 2 aromatic rings. The van der Waals surface area contributed by atoms with Gasteiger partial charge < -0.3 is 15.4 Å². The molecule has 134 valence electrons. The molecule has 25 heavy (non-hydrogen) atoms. The van der Waals surface area contributed by atoms with Gasteiger partial charge >= 0.3 is 6.36 Å². The normalized spacial score (nSPS) is 19.5. The van der Waals surface area contributed by atoms with Gasteiger partial charge in [0.1, 0.15) is 5.75 Å². The summed E-state index contributed by atoms with van der Waals surface area (Å²) in [6.07, 6.45) is -3.94. The average molecular weight is 373 g/mol. The van der Waals surface area contributed by atoms with Gasteiger partial charge in [-0.05, 0) is 24.5 Å². The van der Waals surface area contributed by atoms with Gasteiger partial charge in [-0.1, -0.05) is 18.3 Å². The molecular weight excluding hydrogens is 359 g/mol. The molecule has 1 fully saturated rings. The van der Waals surface area contributed by atoms with Gasteiger partial charge in [0.2, 0.25) is 11.8 Å². The third-order valence-electron chi connectivity index (χ3n) is 3.71. The first-order valence-electron chi connectivity index (χ1n) is 7.45. The molecule has 0 radical (unpaired) electrons. The highest BCUT2D eigenvalue weighted by molar-refractivity contribution is 7.22. The van der Waals surface area contributed by atoms with Crippen LogP contribution in [0.3, 0.4) is 0 Å². The van der Waals surface area contributed by atoms with E-state index in [1.165, 1.54) is 12.1 Å². The fraction of sp³-hybridized carbons (Fsp3) is 0.400. The Morgan fingerprint density at radius 3 is 2.76 bits per heavy atom. The number of anilines is 1. The lowest BCUT2D eigenvalue weighted by atomic mass is 10.3. The van der Waals surface area contributed by atoms with Crippen LogP contribution in [0, 0.1) is 11.8 Å². The summed E-state index contributed by atoms with van der Waals surface area (Å²) in [7, 11) is 0. The van der Waals surface area contributed by atoms with E-state index in [0.717, 1.165) is 23.8 Å². The predicted octanol–water partition coefficient (Wildman–Crippen LogP) is 2.91. The maximum atomic E-state index is 12.2. The van der Waals surface area contributed by atoms with Gasteiger partial charge in [-0.25, -0.2) is 4.98 Å². The number of nitrogens with one attached hydrogen (secondary N) is 2. The monoisotopic (exact) mass is 373 g/mol. The number of hydrogen-bond donors (Lipinski definition) is 2. The van der Waals surface area contributed by atoms with Crippen LogP contribution in [0.25, 0.3) is 10.2 Å². The molecule has 0 spiro atoms. The predicted molar refractivity (Wildman–Crippen MR) is 85.2 cm³/mol. The quantitative estimate of drug-likeness (QED) is 0.845. The van der Waals surface area contributed by atoms with Crippen molar-refractivity contribution in [2.45, 2.75) is 19.7 Å². The van der Waals surface area contributed by atoms with E-state index < -0.39 is 12.3 Å². The van der Waals surface area contributed by atoms with Gasteiger partial charge in [0.25, 0.3) is 0 Å². The van der Waals surface area contributed by atoms with Crippen LogP contribution in [0.4, 0.5) is 18.3 Å². The zero-order valence-corrected chi connectivity index (χ0v) is 13.8. The highest BCUT2D eigenvalue weighted by Gasteiger charge is 2.39. The Hall–Kier alpha value is -2.36. The van der Waals surface area contributed by atoms with Crippen LogP contribution in [0.2, 0.25) is 0 Å². The van der Waals surface area contributed by atoms with E-state index in [1.54, 1.807) is 0 Å². The van der Waals surface area contributed by atoms with Crippen molar-refractivity contribution in [1.82, 2.24) is 10.3 Å². The summed E-state index contributed by atoms with van der Waals surface area (Å²) in [6.45, 7) is 1.78. The second kappa shape index (κ2) is 6.51. The fourth-order valence-corrected chi connectivity index (χ4v) is 3.22. The Morgan fingerprint density at radius 1 is 1.40 bits per heavy atom. The van der Waals surface area contributed by atoms with Crippen molar-refractivity contribution in [2.75, 3.05) is 11.9 Å². The van der Waals surface area contributed by atoms with Gasteiger partial charge in [0.15, 0.2) is 5.13 Å². The Kier molecular flexibility index (Phi) is 4.55. The zero-order valence-electron chi connectivity index (χ0n) is 13.0. The molecule has 0 saturated heterocycles. The first-order chi connectivity index (χ1) is 11.7. The highest BCUT2D eigenvalue weighted by Crippen LogP contribution is 2.37. The van der Waals surface area contributed by atoms with Crippen molar-refractivity contribution in [3.8, 4) is 5.75 Å². The SMILES string of the molecule is C[C@@H]1C[C@@H]1C(=O)NCC(=O)Nc1nc2ccc(OC(F)(F)F)cc2s1. The molecule has 10 heteroatoms. The van der Waals surface area contributed by atoms with Crippen LogP contribution in [0.1, 0.15) is 13.3 Å². The standard InChI is InChI=1S/C15H14F3N3O3S/c1-7-4-9(7)13(23)19-6-12(22)21-14-20-10-3-2-8(5-11(10)25-14)24-15(16,17)18/h2-3,5,7,9H,4,6H2,1H3,(H,19,23)(H,20,21,22)/t7-,9+/m1/s1. The minimum atomic E-state index is -4.77. The number of aromatic nitrogens is 1. The Bertz CT molecular complexity index is 821. The summed E-state index contributed by atoms with van der Waals surface area (Å²) >= 11 is 1.02. The van der Waals surface area contributed by atoms with Crippen molar-refractivity contribution >= 4 is 38.5 Å². The molecule has 1 aromatic carbocycles. The number of ether oxygens (including phenoxy) is 1. The molecule has 1 saturated carbocycles. The average Bonchev–Trinajstić information content (AvgIpc) is 3.09. The largest absolute Gasteiger partial charge is 0.573 e. The van der Waals surface area contributed by atoms with Gasteiger partial charge in [0, 0.05) is 12.0 Å². The number of thiazole rings is 1. The van der Waals surface area contributed by atoms with Crippen LogP contribution in [0.5, 0.6) is 5.75 Å². The van der Waals surface area contributed by atoms with Crippen molar-refractivity contribution in [3.63, 3.8) is 0 Å². The molecule has 3 rings (SSSR count). The van der Waals surface area contributed by atoms with Crippen molar-refractivity contribution in [2.24, 2.45) is 11.8 Å². The van der Waals surface area contributed by atoms with Gasteiger partial charge in [0.05, 0.1) is 16.8 Å².